The smallest absolute Gasteiger partial charge is 0.234 e. The SMILES string of the molecule is COCc1nnc(SCC(=O)Nc2ccc(C(C)=O)cc2)n1-c1ccccc1. The summed E-state index contributed by atoms with van der Waals surface area (Å²) >= 11 is 1.29. The number of para-hydroxylation sites is 1. The number of hydrogen-bond acceptors (Lipinski definition) is 6. The van der Waals surface area contributed by atoms with E-state index in [0.29, 0.717) is 28.8 Å². The van der Waals surface area contributed by atoms with E-state index in [9.17, 15) is 9.59 Å². The quantitative estimate of drug-likeness (QED) is 0.464. The minimum absolute atomic E-state index is 0.0134. The van der Waals surface area contributed by atoms with E-state index >= 15 is 0 Å². The van der Waals surface area contributed by atoms with E-state index in [-0.39, 0.29) is 17.4 Å². The van der Waals surface area contributed by atoms with Crippen LogP contribution in [0.2, 0.25) is 0 Å². The number of rotatable bonds is 8. The number of aromatic nitrogens is 3. The van der Waals surface area contributed by atoms with Crippen molar-refractivity contribution in [3.63, 3.8) is 0 Å². The van der Waals surface area contributed by atoms with E-state index in [0.717, 1.165) is 5.69 Å². The molecule has 2 aromatic carbocycles. The maximum atomic E-state index is 12.3. The number of carbonyl (C=O) groups is 2. The first-order chi connectivity index (χ1) is 13.6. The Morgan fingerprint density at radius 1 is 1.07 bits per heavy atom. The molecular weight excluding hydrogens is 376 g/mol. The normalized spacial score (nSPS) is 10.6. The Morgan fingerprint density at radius 3 is 2.43 bits per heavy atom. The molecule has 0 aliphatic rings. The Balaban J connectivity index is 1.68. The lowest BCUT2D eigenvalue weighted by Crippen LogP contribution is -2.14. The van der Waals surface area contributed by atoms with Crippen molar-refractivity contribution in [3.8, 4) is 5.69 Å². The van der Waals surface area contributed by atoms with Gasteiger partial charge in [0.2, 0.25) is 5.91 Å². The molecule has 8 heteroatoms. The van der Waals surface area contributed by atoms with E-state index in [1.54, 1.807) is 31.4 Å². The summed E-state index contributed by atoms with van der Waals surface area (Å²) < 4.78 is 7.08. The summed E-state index contributed by atoms with van der Waals surface area (Å²) in [6.07, 6.45) is 0. The third-order valence-electron chi connectivity index (χ3n) is 3.90. The van der Waals surface area contributed by atoms with Crippen LogP contribution in [-0.4, -0.2) is 39.3 Å². The van der Waals surface area contributed by atoms with E-state index in [1.165, 1.54) is 18.7 Å². The average molecular weight is 396 g/mol. The van der Waals surface area contributed by atoms with Crippen molar-refractivity contribution in [1.29, 1.82) is 0 Å². The highest BCUT2D eigenvalue weighted by Crippen LogP contribution is 2.22. The molecule has 3 rings (SSSR count). The second kappa shape index (κ2) is 9.29. The first kappa shape index (κ1) is 19.8. The van der Waals surface area contributed by atoms with Gasteiger partial charge in [-0.1, -0.05) is 30.0 Å². The average Bonchev–Trinajstić information content (AvgIpc) is 3.10. The summed E-state index contributed by atoms with van der Waals surface area (Å²) in [6, 6.07) is 16.5. The number of ether oxygens (including phenoxy) is 1. The minimum Gasteiger partial charge on any atom is -0.377 e. The van der Waals surface area contributed by atoms with Crippen LogP contribution < -0.4 is 5.32 Å². The molecule has 1 aromatic heterocycles. The van der Waals surface area contributed by atoms with E-state index < -0.39 is 0 Å². The maximum Gasteiger partial charge on any atom is 0.234 e. The van der Waals surface area contributed by atoms with Gasteiger partial charge >= 0.3 is 0 Å². The Kier molecular flexibility index (Phi) is 6.57. The van der Waals surface area contributed by atoms with Crippen LogP contribution in [0.4, 0.5) is 5.69 Å². The number of amides is 1. The van der Waals surface area contributed by atoms with Crippen LogP contribution in [0.3, 0.4) is 0 Å². The van der Waals surface area contributed by atoms with Gasteiger partial charge in [-0.25, -0.2) is 0 Å². The molecule has 0 spiro atoms. The molecule has 1 amide bonds. The zero-order valence-electron chi connectivity index (χ0n) is 15.6. The first-order valence-corrected chi connectivity index (χ1v) is 9.59. The van der Waals surface area contributed by atoms with Gasteiger partial charge in [-0.2, -0.15) is 0 Å². The van der Waals surface area contributed by atoms with E-state index in [2.05, 4.69) is 15.5 Å². The lowest BCUT2D eigenvalue weighted by atomic mass is 10.1. The molecule has 1 N–H and O–H groups in total. The van der Waals surface area contributed by atoms with Crippen molar-refractivity contribution in [3.05, 3.63) is 66.0 Å². The summed E-state index contributed by atoms with van der Waals surface area (Å²) in [5.41, 5.74) is 2.15. The number of methoxy groups -OCH3 is 1. The van der Waals surface area contributed by atoms with E-state index in [4.69, 9.17) is 4.74 Å². The van der Waals surface area contributed by atoms with Gasteiger partial charge in [0.1, 0.15) is 6.61 Å². The highest BCUT2D eigenvalue weighted by molar-refractivity contribution is 7.99. The molecule has 0 aliphatic carbocycles. The number of carbonyl (C=O) groups excluding carboxylic acids is 2. The molecule has 0 fully saturated rings. The van der Waals surface area contributed by atoms with Crippen molar-refractivity contribution >= 4 is 29.1 Å². The van der Waals surface area contributed by atoms with Crippen LogP contribution >= 0.6 is 11.8 Å². The Labute approximate surface area is 167 Å². The summed E-state index contributed by atoms with van der Waals surface area (Å²) in [5.74, 6) is 0.653. The van der Waals surface area contributed by atoms with Crippen LogP contribution in [0.15, 0.2) is 59.8 Å². The van der Waals surface area contributed by atoms with Crippen molar-refractivity contribution in [2.24, 2.45) is 0 Å². The fourth-order valence-corrected chi connectivity index (χ4v) is 3.34. The number of nitrogens with zero attached hydrogens (tertiary/aromatic N) is 3. The first-order valence-electron chi connectivity index (χ1n) is 8.61. The van der Waals surface area contributed by atoms with Crippen molar-refractivity contribution < 1.29 is 14.3 Å². The highest BCUT2D eigenvalue weighted by Gasteiger charge is 2.15. The number of anilines is 1. The van der Waals surface area contributed by atoms with Crippen molar-refractivity contribution in [1.82, 2.24) is 14.8 Å². The molecule has 144 valence electrons. The van der Waals surface area contributed by atoms with Crippen LogP contribution in [0.25, 0.3) is 5.69 Å². The van der Waals surface area contributed by atoms with Gasteiger partial charge in [0.15, 0.2) is 16.8 Å². The lowest BCUT2D eigenvalue weighted by Gasteiger charge is -2.10. The fourth-order valence-electron chi connectivity index (χ4n) is 2.57. The van der Waals surface area contributed by atoms with Gasteiger partial charge in [0, 0.05) is 24.0 Å². The fraction of sp³-hybridized carbons (Fsp3) is 0.200. The Morgan fingerprint density at radius 2 is 1.79 bits per heavy atom. The third kappa shape index (κ3) is 4.85. The second-order valence-corrected chi connectivity index (χ2v) is 6.92. The molecule has 3 aromatic rings. The summed E-state index contributed by atoms with van der Waals surface area (Å²) in [6.45, 7) is 1.82. The van der Waals surface area contributed by atoms with Crippen molar-refractivity contribution in [2.75, 3.05) is 18.2 Å². The van der Waals surface area contributed by atoms with Gasteiger partial charge in [0.05, 0.1) is 5.75 Å². The number of Topliss-reactive ketones (excluding diaryl/α,β-unsaturated/α-hetero) is 1. The second-order valence-electron chi connectivity index (χ2n) is 5.97. The topological polar surface area (TPSA) is 86.1 Å². The molecule has 7 nitrogen and oxygen atoms in total. The molecule has 0 unspecified atom stereocenters. The monoisotopic (exact) mass is 396 g/mol. The van der Waals surface area contributed by atoms with Gasteiger partial charge in [-0.3, -0.25) is 14.2 Å². The van der Waals surface area contributed by atoms with Crippen LogP contribution in [-0.2, 0) is 16.1 Å². The highest BCUT2D eigenvalue weighted by atomic mass is 32.2. The predicted octanol–water partition coefficient (Wildman–Crippen LogP) is 3.35. The molecular formula is C20H20N4O3S. The maximum absolute atomic E-state index is 12.3. The minimum atomic E-state index is -0.170. The van der Waals surface area contributed by atoms with Gasteiger partial charge in [-0.05, 0) is 43.3 Å². The standard InChI is InChI=1S/C20H20N4O3S/c1-14(25)15-8-10-16(11-9-15)21-19(26)13-28-20-23-22-18(12-27-2)24(20)17-6-4-3-5-7-17/h3-11H,12-13H2,1-2H3,(H,21,26). The lowest BCUT2D eigenvalue weighted by molar-refractivity contribution is -0.113. The summed E-state index contributed by atoms with van der Waals surface area (Å²) in [5, 5.41) is 11.8. The number of thioether (sulfide) groups is 1. The largest absolute Gasteiger partial charge is 0.377 e. The Bertz CT molecular complexity index is 955. The molecule has 1 heterocycles. The zero-order valence-corrected chi connectivity index (χ0v) is 16.4. The summed E-state index contributed by atoms with van der Waals surface area (Å²) in [4.78, 5) is 23.6. The van der Waals surface area contributed by atoms with E-state index in [1.807, 2.05) is 34.9 Å². The van der Waals surface area contributed by atoms with Crippen LogP contribution in [0.1, 0.15) is 23.1 Å². The van der Waals surface area contributed by atoms with Crippen molar-refractivity contribution in [2.45, 2.75) is 18.7 Å². The van der Waals surface area contributed by atoms with Crippen LogP contribution in [0.5, 0.6) is 0 Å². The van der Waals surface area contributed by atoms with Gasteiger partial charge in [-0.15, -0.1) is 10.2 Å². The Hall–Kier alpha value is -2.97. The van der Waals surface area contributed by atoms with Crippen LogP contribution in [0, 0.1) is 0 Å². The number of benzene rings is 2. The third-order valence-corrected chi connectivity index (χ3v) is 4.82. The van der Waals surface area contributed by atoms with Gasteiger partial charge in [0.25, 0.3) is 0 Å². The number of nitrogens with one attached hydrogen (secondary N) is 1. The predicted molar refractivity (Wildman–Crippen MR) is 108 cm³/mol. The number of hydrogen-bond donors (Lipinski definition) is 1. The molecule has 0 saturated carbocycles. The molecule has 0 saturated heterocycles. The molecule has 0 aliphatic heterocycles. The zero-order chi connectivity index (χ0) is 19.9. The molecule has 0 atom stereocenters. The summed E-state index contributed by atoms with van der Waals surface area (Å²) in [7, 11) is 1.60. The molecule has 0 radical (unpaired) electrons. The number of ketones is 1. The molecule has 28 heavy (non-hydrogen) atoms. The van der Waals surface area contributed by atoms with Gasteiger partial charge < -0.3 is 10.1 Å². The molecule has 0 bridgehead atoms.